The summed E-state index contributed by atoms with van der Waals surface area (Å²) >= 11 is 0. The van der Waals surface area contributed by atoms with Gasteiger partial charge in [0.2, 0.25) is 0 Å². The molecule has 1 aromatic carbocycles. The van der Waals surface area contributed by atoms with Crippen molar-refractivity contribution < 1.29 is 0 Å². The lowest BCUT2D eigenvalue weighted by atomic mass is 10.1. The fourth-order valence-corrected chi connectivity index (χ4v) is 1.76. The van der Waals surface area contributed by atoms with Gasteiger partial charge in [-0.2, -0.15) is 0 Å². The molecular weight excluding hydrogens is 325 g/mol. The van der Waals surface area contributed by atoms with Gasteiger partial charge < -0.3 is 11.1 Å². The van der Waals surface area contributed by atoms with E-state index in [4.69, 9.17) is 5.73 Å². The molecule has 0 aromatic heterocycles. The molecule has 2 rings (SSSR count). The van der Waals surface area contributed by atoms with Crippen LogP contribution in [0.5, 0.6) is 0 Å². The van der Waals surface area contributed by atoms with Crippen LogP contribution in [0.25, 0.3) is 0 Å². The van der Waals surface area contributed by atoms with Gasteiger partial charge in [-0.05, 0) is 36.8 Å². The van der Waals surface area contributed by atoms with Gasteiger partial charge in [0.25, 0.3) is 0 Å². The van der Waals surface area contributed by atoms with Crippen LogP contribution in [-0.2, 0) is 0 Å². The smallest absolute Gasteiger partial charge is 0.193 e. The van der Waals surface area contributed by atoms with Crippen molar-refractivity contribution >= 4 is 35.6 Å². The van der Waals surface area contributed by atoms with Crippen LogP contribution in [0.2, 0.25) is 0 Å². The monoisotopic (exact) mass is 345 g/mol. The lowest BCUT2D eigenvalue weighted by Gasteiger charge is -2.10. The Morgan fingerprint density at radius 2 is 2.00 bits per heavy atom. The highest BCUT2D eigenvalue weighted by Gasteiger charge is 2.40. The quantitative estimate of drug-likeness (QED) is 0.500. The minimum atomic E-state index is 0. The summed E-state index contributed by atoms with van der Waals surface area (Å²) in [7, 11) is 0. The predicted octanol–water partition coefficient (Wildman–Crippen LogP) is 3.22. The molecule has 17 heavy (non-hydrogen) atoms. The Hall–Kier alpha value is -0.780. The van der Waals surface area contributed by atoms with Crippen molar-refractivity contribution in [2.75, 3.05) is 11.9 Å². The second-order valence-electron chi connectivity index (χ2n) is 4.55. The van der Waals surface area contributed by atoms with Crippen LogP contribution in [-0.4, -0.2) is 12.5 Å². The zero-order valence-corrected chi connectivity index (χ0v) is 12.5. The Morgan fingerprint density at radius 3 is 2.53 bits per heavy atom. The van der Waals surface area contributed by atoms with Gasteiger partial charge in [0.15, 0.2) is 5.96 Å². The van der Waals surface area contributed by atoms with Crippen molar-refractivity contribution in [3.05, 3.63) is 30.3 Å². The lowest BCUT2D eigenvalue weighted by Crippen LogP contribution is -2.24. The number of benzene rings is 1. The van der Waals surface area contributed by atoms with Gasteiger partial charge in [-0.25, -0.2) is 0 Å². The van der Waals surface area contributed by atoms with Gasteiger partial charge in [-0.15, -0.1) is 24.0 Å². The lowest BCUT2D eigenvalue weighted by molar-refractivity contribution is 0.506. The number of hydrogen-bond donors (Lipinski definition) is 2. The van der Waals surface area contributed by atoms with Crippen LogP contribution < -0.4 is 11.1 Å². The third-order valence-electron chi connectivity index (χ3n) is 3.34. The minimum Gasteiger partial charge on any atom is -0.370 e. The Balaban J connectivity index is 0.00000144. The average Bonchev–Trinajstić information content (AvgIpc) is 3.09. The zero-order chi connectivity index (χ0) is 11.4. The van der Waals surface area contributed by atoms with E-state index >= 15 is 0 Å². The third kappa shape index (κ3) is 4.18. The number of nitrogens with two attached hydrogens (primary N) is 1. The molecule has 0 saturated heterocycles. The highest BCUT2D eigenvalue weighted by molar-refractivity contribution is 14.0. The third-order valence-corrected chi connectivity index (χ3v) is 3.34. The molecule has 0 unspecified atom stereocenters. The second-order valence-corrected chi connectivity index (χ2v) is 4.55. The number of halogens is 1. The largest absolute Gasteiger partial charge is 0.370 e. The molecule has 0 atom stereocenters. The number of rotatable bonds is 4. The number of aliphatic imine (C=N–C) groups is 1. The SMILES string of the molecule is CCC1(CN=C(N)Nc2ccccc2)CC1.I. The van der Waals surface area contributed by atoms with Crippen molar-refractivity contribution in [3.63, 3.8) is 0 Å². The highest BCUT2D eigenvalue weighted by Crippen LogP contribution is 2.48. The van der Waals surface area contributed by atoms with E-state index in [1.54, 1.807) is 0 Å². The van der Waals surface area contributed by atoms with Crippen LogP contribution in [0.3, 0.4) is 0 Å². The van der Waals surface area contributed by atoms with E-state index in [9.17, 15) is 0 Å². The maximum Gasteiger partial charge on any atom is 0.193 e. The van der Waals surface area contributed by atoms with E-state index in [2.05, 4.69) is 17.2 Å². The summed E-state index contributed by atoms with van der Waals surface area (Å²) in [5, 5.41) is 3.09. The number of anilines is 1. The average molecular weight is 345 g/mol. The van der Waals surface area contributed by atoms with Crippen molar-refractivity contribution in [1.29, 1.82) is 0 Å². The van der Waals surface area contributed by atoms with Gasteiger partial charge in [0, 0.05) is 12.2 Å². The number of guanidine groups is 1. The topological polar surface area (TPSA) is 50.4 Å². The molecular formula is C13H20IN3. The Morgan fingerprint density at radius 1 is 1.35 bits per heavy atom. The molecule has 3 nitrogen and oxygen atoms in total. The van der Waals surface area contributed by atoms with E-state index in [1.807, 2.05) is 30.3 Å². The summed E-state index contributed by atoms with van der Waals surface area (Å²) in [6, 6.07) is 9.90. The molecule has 1 saturated carbocycles. The normalized spacial score (nSPS) is 17.1. The molecule has 1 aliphatic carbocycles. The van der Waals surface area contributed by atoms with Crippen molar-refractivity contribution in [1.82, 2.24) is 0 Å². The maximum absolute atomic E-state index is 5.83. The zero-order valence-electron chi connectivity index (χ0n) is 10.1. The van der Waals surface area contributed by atoms with Gasteiger partial charge in [-0.1, -0.05) is 25.1 Å². The van der Waals surface area contributed by atoms with Gasteiger partial charge in [0.05, 0.1) is 0 Å². The Bertz CT molecular complexity index is 372. The second kappa shape index (κ2) is 6.23. The first kappa shape index (κ1) is 14.3. The molecule has 1 aromatic rings. The van der Waals surface area contributed by atoms with E-state index in [0.717, 1.165) is 12.2 Å². The molecule has 0 spiro atoms. The molecule has 94 valence electrons. The first-order valence-corrected chi connectivity index (χ1v) is 5.86. The maximum atomic E-state index is 5.83. The van der Waals surface area contributed by atoms with Crippen molar-refractivity contribution in [2.24, 2.45) is 16.1 Å². The summed E-state index contributed by atoms with van der Waals surface area (Å²) in [5.74, 6) is 0.519. The van der Waals surface area contributed by atoms with E-state index in [1.165, 1.54) is 19.3 Å². The van der Waals surface area contributed by atoms with Crippen LogP contribution in [0.4, 0.5) is 5.69 Å². The number of nitrogens with zero attached hydrogens (tertiary/aromatic N) is 1. The number of nitrogens with one attached hydrogen (secondary N) is 1. The summed E-state index contributed by atoms with van der Waals surface area (Å²) in [4.78, 5) is 4.41. The molecule has 3 N–H and O–H groups in total. The molecule has 1 fully saturated rings. The number of hydrogen-bond acceptors (Lipinski definition) is 1. The molecule has 0 aliphatic heterocycles. The van der Waals surface area contributed by atoms with Crippen molar-refractivity contribution in [3.8, 4) is 0 Å². The summed E-state index contributed by atoms with van der Waals surface area (Å²) in [5.41, 5.74) is 7.29. The minimum absolute atomic E-state index is 0. The molecule has 0 amide bonds. The van der Waals surface area contributed by atoms with E-state index in [-0.39, 0.29) is 24.0 Å². The first-order chi connectivity index (χ1) is 7.74. The highest BCUT2D eigenvalue weighted by atomic mass is 127. The summed E-state index contributed by atoms with van der Waals surface area (Å²) < 4.78 is 0. The van der Waals surface area contributed by atoms with E-state index < -0.39 is 0 Å². The number of para-hydroxylation sites is 1. The fourth-order valence-electron chi connectivity index (χ4n) is 1.76. The Kier molecular flexibility index (Phi) is 5.24. The standard InChI is InChI=1S/C13H19N3.HI/c1-2-13(8-9-13)10-15-12(14)16-11-6-4-3-5-7-11;/h3-7H,2,8-10H2,1H3,(H3,14,15,16);1H. The van der Waals surface area contributed by atoms with Crippen LogP contribution in [0.15, 0.2) is 35.3 Å². The molecule has 4 heteroatoms. The molecule has 0 heterocycles. The molecule has 0 bridgehead atoms. The molecule has 1 aliphatic rings. The van der Waals surface area contributed by atoms with Crippen LogP contribution in [0.1, 0.15) is 26.2 Å². The van der Waals surface area contributed by atoms with Crippen molar-refractivity contribution in [2.45, 2.75) is 26.2 Å². The first-order valence-electron chi connectivity index (χ1n) is 5.86. The molecule has 0 radical (unpaired) electrons. The Labute approximate surface area is 120 Å². The van der Waals surface area contributed by atoms with Gasteiger partial charge in [-0.3, -0.25) is 4.99 Å². The van der Waals surface area contributed by atoms with Gasteiger partial charge in [0.1, 0.15) is 0 Å². The van der Waals surface area contributed by atoms with Crippen LogP contribution >= 0.6 is 24.0 Å². The summed E-state index contributed by atoms with van der Waals surface area (Å²) in [6.45, 7) is 3.08. The fraction of sp³-hybridized carbons (Fsp3) is 0.462. The van der Waals surface area contributed by atoms with Gasteiger partial charge >= 0.3 is 0 Å². The summed E-state index contributed by atoms with van der Waals surface area (Å²) in [6.07, 6.45) is 3.80. The van der Waals surface area contributed by atoms with Crippen LogP contribution in [0, 0.1) is 5.41 Å². The van der Waals surface area contributed by atoms with E-state index in [0.29, 0.717) is 11.4 Å². The predicted molar refractivity (Wildman–Crippen MR) is 83.9 cm³/mol.